The molecular formula is C23H43O4PS. The molecule has 0 spiro atoms. The van der Waals surface area contributed by atoms with E-state index in [1.54, 1.807) is 6.92 Å². The minimum absolute atomic E-state index is 0.107. The van der Waals surface area contributed by atoms with Crippen LogP contribution in [0.4, 0.5) is 0 Å². The van der Waals surface area contributed by atoms with Gasteiger partial charge < -0.3 is 0 Å². The summed E-state index contributed by atoms with van der Waals surface area (Å²) in [4.78, 5) is 0.169. The van der Waals surface area contributed by atoms with E-state index in [2.05, 4.69) is 27.7 Å². The normalized spacial score (nSPS) is 13.9. The standard InChI is InChI=1S/C23H43O4PS/c1-6-10-16-28(17-11-7-2,18-12-8-3,19-13-9-4)27-29(25,26)22-14-15-23(24)21(5)20-22/h14-15,20,24H,6-13,16-19H2,1-5H3. The Balaban J connectivity index is 3.52. The first kappa shape index (κ1) is 26.4. The molecular weight excluding hydrogens is 403 g/mol. The van der Waals surface area contributed by atoms with E-state index in [0.717, 1.165) is 76.0 Å². The van der Waals surface area contributed by atoms with Gasteiger partial charge in [0.1, 0.15) is 0 Å². The second-order valence-corrected chi connectivity index (χ2v) is 16.1. The van der Waals surface area contributed by atoms with Gasteiger partial charge in [-0.1, -0.05) is 0 Å². The molecule has 29 heavy (non-hydrogen) atoms. The number of phenols is 1. The molecule has 0 heterocycles. The number of aromatic hydroxyl groups is 1. The summed E-state index contributed by atoms with van der Waals surface area (Å²) in [7, 11) is -3.89. The quantitative estimate of drug-likeness (QED) is 0.293. The number of rotatable bonds is 15. The Morgan fingerprint density at radius 2 is 1.24 bits per heavy atom. The third kappa shape index (κ3) is 7.22. The topological polar surface area (TPSA) is 63.6 Å². The van der Waals surface area contributed by atoms with Crippen LogP contribution in [0.2, 0.25) is 0 Å². The monoisotopic (exact) mass is 446 g/mol. The van der Waals surface area contributed by atoms with Crippen LogP contribution in [-0.2, 0) is 14.1 Å². The fourth-order valence-electron chi connectivity index (χ4n) is 4.16. The van der Waals surface area contributed by atoms with E-state index in [0.29, 0.717) is 5.56 Å². The summed E-state index contributed by atoms with van der Waals surface area (Å²) in [5.41, 5.74) is 0.555. The van der Waals surface area contributed by atoms with Crippen molar-refractivity contribution in [1.29, 1.82) is 0 Å². The van der Waals surface area contributed by atoms with E-state index >= 15 is 0 Å². The Morgan fingerprint density at radius 1 is 0.828 bits per heavy atom. The van der Waals surface area contributed by atoms with Crippen LogP contribution >= 0.6 is 6.83 Å². The van der Waals surface area contributed by atoms with Crippen molar-refractivity contribution in [2.45, 2.75) is 90.9 Å². The molecule has 0 radical (unpaired) electrons. The summed E-state index contributed by atoms with van der Waals surface area (Å²) in [5, 5.41) is 9.83. The zero-order chi connectivity index (χ0) is 22.0. The van der Waals surface area contributed by atoms with E-state index < -0.39 is 16.9 Å². The van der Waals surface area contributed by atoms with Gasteiger partial charge in [-0.2, -0.15) is 0 Å². The Bertz CT molecular complexity index is 687. The zero-order valence-electron chi connectivity index (χ0n) is 19.2. The van der Waals surface area contributed by atoms with E-state index in [-0.39, 0.29) is 10.6 Å². The molecule has 0 aliphatic rings. The Labute approximate surface area is 179 Å². The van der Waals surface area contributed by atoms with Crippen LogP contribution in [0.5, 0.6) is 5.75 Å². The van der Waals surface area contributed by atoms with Crippen molar-refractivity contribution in [2.75, 3.05) is 24.6 Å². The Morgan fingerprint density at radius 3 is 1.59 bits per heavy atom. The molecule has 0 saturated carbocycles. The Kier molecular flexibility index (Phi) is 10.6. The first-order chi connectivity index (χ1) is 13.7. The summed E-state index contributed by atoms with van der Waals surface area (Å²) < 4.78 is 33.5. The summed E-state index contributed by atoms with van der Waals surface area (Å²) in [5.74, 6) is 0.107. The molecule has 1 aromatic rings. The predicted octanol–water partition coefficient (Wildman–Crippen LogP) is 7.07. The van der Waals surface area contributed by atoms with Gasteiger partial charge in [-0.3, -0.25) is 0 Å². The molecule has 1 rings (SSSR count). The van der Waals surface area contributed by atoms with Crippen molar-refractivity contribution in [3.05, 3.63) is 23.8 Å². The van der Waals surface area contributed by atoms with Gasteiger partial charge in [-0.15, -0.1) is 0 Å². The summed E-state index contributed by atoms with van der Waals surface area (Å²) in [6.45, 7) is 7.47. The maximum absolute atomic E-state index is 13.5. The molecule has 0 fully saturated rings. The summed E-state index contributed by atoms with van der Waals surface area (Å²) in [6.07, 6.45) is 11.8. The van der Waals surface area contributed by atoms with Gasteiger partial charge in [0.25, 0.3) is 0 Å². The number of hydrogen-bond donors (Lipinski definition) is 1. The minimum atomic E-state index is -3.89. The summed E-state index contributed by atoms with van der Waals surface area (Å²) >= 11 is 0. The molecule has 0 aliphatic carbocycles. The second kappa shape index (κ2) is 11.7. The molecule has 4 nitrogen and oxygen atoms in total. The van der Waals surface area contributed by atoms with Crippen molar-refractivity contribution in [1.82, 2.24) is 0 Å². The second-order valence-electron chi connectivity index (χ2n) is 8.64. The molecule has 1 N–H and O–H groups in total. The molecule has 170 valence electrons. The predicted molar refractivity (Wildman–Crippen MR) is 127 cm³/mol. The number of phenolic OH excluding ortho intramolecular Hbond substituents is 1. The average molecular weight is 447 g/mol. The Hall–Kier alpha value is -0.640. The molecule has 0 saturated heterocycles. The molecule has 0 atom stereocenters. The van der Waals surface area contributed by atoms with Gasteiger partial charge in [0.05, 0.1) is 0 Å². The zero-order valence-corrected chi connectivity index (χ0v) is 21.0. The fraction of sp³-hybridized carbons (Fsp3) is 0.739. The third-order valence-corrected chi connectivity index (χ3v) is 15.2. The van der Waals surface area contributed by atoms with Crippen LogP contribution in [0.1, 0.15) is 84.6 Å². The van der Waals surface area contributed by atoms with Crippen molar-refractivity contribution >= 4 is 16.9 Å². The number of unbranched alkanes of at least 4 members (excludes halogenated alkanes) is 4. The average Bonchev–Trinajstić information content (AvgIpc) is 2.70. The van der Waals surface area contributed by atoms with Crippen molar-refractivity contribution in [3.8, 4) is 5.75 Å². The molecule has 0 bridgehead atoms. The first-order valence-corrected chi connectivity index (χ1v) is 15.7. The molecule has 0 aromatic heterocycles. The van der Waals surface area contributed by atoms with E-state index in [9.17, 15) is 13.5 Å². The van der Waals surface area contributed by atoms with Gasteiger partial charge in [0.2, 0.25) is 0 Å². The molecule has 0 amide bonds. The molecule has 0 unspecified atom stereocenters. The maximum atomic E-state index is 13.5. The van der Waals surface area contributed by atoms with Crippen molar-refractivity contribution in [2.24, 2.45) is 0 Å². The van der Waals surface area contributed by atoms with Crippen LogP contribution in [-0.4, -0.2) is 38.2 Å². The van der Waals surface area contributed by atoms with Crippen LogP contribution < -0.4 is 0 Å². The molecule has 0 aliphatic heterocycles. The van der Waals surface area contributed by atoms with E-state index in [4.69, 9.17) is 3.97 Å². The van der Waals surface area contributed by atoms with Gasteiger partial charge >= 0.3 is 179 Å². The van der Waals surface area contributed by atoms with Crippen LogP contribution in [0.15, 0.2) is 23.1 Å². The number of aryl methyl sites for hydroxylation is 1. The van der Waals surface area contributed by atoms with Crippen LogP contribution in [0.3, 0.4) is 0 Å². The third-order valence-electron chi connectivity index (χ3n) is 6.08. The van der Waals surface area contributed by atoms with E-state index in [1.807, 2.05) is 0 Å². The van der Waals surface area contributed by atoms with Gasteiger partial charge in [-0.25, -0.2) is 0 Å². The molecule has 1 aromatic carbocycles. The van der Waals surface area contributed by atoms with Crippen LogP contribution in [0, 0.1) is 6.92 Å². The fourth-order valence-corrected chi connectivity index (χ4v) is 14.3. The van der Waals surface area contributed by atoms with Crippen molar-refractivity contribution < 1.29 is 17.5 Å². The van der Waals surface area contributed by atoms with Gasteiger partial charge in [-0.05, 0) is 0 Å². The number of benzene rings is 1. The van der Waals surface area contributed by atoms with Crippen molar-refractivity contribution in [3.63, 3.8) is 0 Å². The first-order valence-electron chi connectivity index (χ1n) is 11.4. The molecule has 6 heteroatoms. The van der Waals surface area contributed by atoms with Crippen LogP contribution in [0.25, 0.3) is 0 Å². The SMILES string of the molecule is CCCCP(CCCC)(CCCC)(CCCC)OS(=O)(=O)c1ccc(O)c(C)c1. The van der Waals surface area contributed by atoms with E-state index in [1.165, 1.54) is 18.2 Å². The van der Waals surface area contributed by atoms with Gasteiger partial charge in [0, 0.05) is 0 Å². The van der Waals surface area contributed by atoms with Gasteiger partial charge in [0.15, 0.2) is 0 Å². The summed E-state index contributed by atoms with van der Waals surface area (Å²) in [6, 6.07) is 4.47. The number of hydrogen-bond acceptors (Lipinski definition) is 4.